The van der Waals surface area contributed by atoms with Crippen molar-refractivity contribution in [2.45, 2.75) is 27.7 Å². The molecule has 1 aromatic heterocycles. The van der Waals surface area contributed by atoms with Crippen LogP contribution >= 0.6 is 0 Å². The smallest absolute Gasteiger partial charge is 0.292 e. The van der Waals surface area contributed by atoms with E-state index in [2.05, 4.69) is 32.9 Å². The van der Waals surface area contributed by atoms with E-state index in [1.165, 1.54) is 6.20 Å². The van der Waals surface area contributed by atoms with Gasteiger partial charge in [-0.1, -0.05) is 32.9 Å². The normalized spacial score (nSPS) is 11.1. The molecule has 90 valence electrons. The molecule has 0 bridgehead atoms. The maximum atomic E-state index is 12.1. The maximum Gasteiger partial charge on any atom is 0.292 e. The molecule has 0 fully saturated rings. The van der Waals surface area contributed by atoms with E-state index in [9.17, 15) is 4.79 Å². The van der Waals surface area contributed by atoms with Crippen LogP contribution < -0.4 is 0 Å². The Morgan fingerprint density at radius 3 is 2.25 bits per heavy atom. The second-order valence-electron chi connectivity index (χ2n) is 4.87. The molecule has 1 rings (SSSR count). The van der Waals surface area contributed by atoms with Crippen LogP contribution in [0, 0.1) is 11.8 Å². The van der Waals surface area contributed by atoms with Crippen molar-refractivity contribution >= 4 is 5.91 Å². The second-order valence-corrected chi connectivity index (χ2v) is 4.87. The Bertz CT molecular complexity index is 308. The van der Waals surface area contributed by atoms with Gasteiger partial charge in [0, 0.05) is 19.2 Å². The molecule has 0 radical (unpaired) electrons. The van der Waals surface area contributed by atoms with E-state index < -0.39 is 0 Å². The lowest BCUT2D eigenvalue weighted by Gasteiger charge is -2.25. The fourth-order valence-electron chi connectivity index (χ4n) is 1.60. The van der Waals surface area contributed by atoms with Crippen LogP contribution in [0.4, 0.5) is 0 Å². The van der Waals surface area contributed by atoms with Gasteiger partial charge in [-0.25, -0.2) is 0 Å². The zero-order valence-corrected chi connectivity index (χ0v) is 10.4. The van der Waals surface area contributed by atoms with E-state index in [1.54, 1.807) is 6.07 Å². The maximum absolute atomic E-state index is 12.1. The van der Waals surface area contributed by atoms with Crippen LogP contribution in [0.1, 0.15) is 38.2 Å². The van der Waals surface area contributed by atoms with Crippen molar-refractivity contribution in [2.75, 3.05) is 13.1 Å². The average molecular weight is 224 g/mol. The van der Waals surface area contributed by atoms with Gasteiger partial charge < -0.3 is 9.42 Å². The van der Waals surface area contributed by atoms with Crippen molar-refractivity contribution < 1.29 is 9.32 Å². The largest absolute Gasteiger partial charge is 0.351 e. The van der Waals surface area contributed by atoms with Crippen LogP contribution in [-0.4, -0.2) is 29.1 Å². The molecule has 4 nitrogen and oxygen atoms in total. The lowest BCUT2D eigenvalue weighted by Crippen LogP contribution is -2.36. The molecule has 0 spiro atoms. The molecule has 0 aliphatic heterocycles. The van der Waals surface area contributed by atoms with Gasteiger partial charge in [0.15, 0.2) is 0 Å². The zero-order valence-electron chi connectivity index (χ0n) is 10.4. The van der Waals surface area contributed by atoms with E-state index in [0.717, 1.165) is 13.1 Å². The summed E-state index contributed by atoms with van der Waals surface area (Å²) in [4.78, 5) is 13.9. The Morgan fingerprint density at radius 2 is 1.88 bits per heavy atom. The summed E-state index contributed by atoms with van der Waals surface area (Å²) in [6.07, 6.45) is 1.50. The van der Waals surface area contributed by atoms with Crippen LogP contribution in [-0.2, 0) is 0 Å². The SMILES string of the molecule is CC(C)CN(CC(C)C)C(=O)c1ccno1. The molecule has 0 aliphatic carbocycles. The molecule has 1 aromatic rings. The molecule has 0 N–H and O–H groups in total. The van der Waals surface area contributed by atoms with Gasteiger partial charge in [-0.2, -0.15) is 0 Å². The van der Waals surface area contributed by atoms with Crippen molar-refractivity contribution in [3.8, 4) is 0 Å². The van der Waals surface area contributed by atoms with E-state index >= 15 is 0 Å². The summed E-state index contributed by atoms with van der Waals surface area (Å²) < 4.78 is 4.90. The summed E-state index contributed by atoms with van der Waals surface area (Å²) in [7, 11) is 0. The highest BCUT2D eigenvalue weighted by Gasteiger charge is 2.20. The number of carbonyl (C=O) groups excluding carboxylic acids is 1. The Balaban J connectivity index is 2.71. The molecule has 0 aromatic carbocycles. The monoisotopic (exact) mass is 224 g/mol. The first-order valence-electron chi connectivity index (χ1n) is 5.70. The molecule has 0 aliphatic rings. The van der Waals surface area contributed by atoms with Gasteiger partial charge in [0.2, 0.25) is 5.76 Å². The van der Waals surface area contributed by atoms with Gasteiger partial charge in [0.1, 0.15) is 0 Å². The number of aromatic nitrogens is 1. The summed E-state index contributed by atoms with van der Waals surface area (Å²) in [6, 6.07) is 1.61. The third-order valence-corrected chi connectivity index (χ3v) is 2.11. The highest BCUT2D eigenvalue weighted by Crippen LogP contribution is 2.09. The molecule has 16 heavy (non-hydrogen) atoms. The highest BCUT2D eigenvalue weighted by molar-refractivity contribution is 5.91. The van der Waals surface area contributed by atoms with E-state index in [0.29, 0.717) is 17.6 Å². The first-order chi connectivity index (χ1) is 7.50. The van der Waals surface area contributed by atoms with Gasteiger partial charge in [0.25, 0.3) is 5.91 Å². The van der Waals surface area contributed by atoms with Crippen LogP contribution in [0.15, 0.2) is 16.8 Å². The number of hydrogen-bond acceptors (Lipinski definition) is 3. The molecule has 4 heteroatoms. The first-order valence-corrected chi connectivity index (χ1v) is 5.70. The minimum atomic E-state index is -0.0695. The summed E-state index contributed by atoms with van der Waals surface area (Å²) in [5, 5.41) is 3.56. The van der Waals surface area contributed by atoms with E-state index in [1.807, 2.05) is 4.90 Å². The standard InChI is InChI=1S/C12H20N2O2/c1-9(2)7-14(8-10(3)4)12(15)11-5-6-13-16-11/h5-6,9-10H,7-8H2,1-4H3. The Labute approximate surface area is 96.6 Å². The third-order valence-electron chi connectivity index (χ3n) is 2.11. The van der Waals surface area contributed by atoms with Crippen LogP contribution in [0.3, 0.4) is 0 Å². The summed E-state index contributed by atoms with van der Waals surface area (Å²) in [6.45, 7) is 9.89. The molecule has 1 amide bonds. The molecule has 1 heterocycles. The minimum absolute atomic E-state index is 0.0695. The third kappa shape index (κ3) is 3.68. The topological polar surface area (TPSA) is 46.3 Å². The number of carbonyl (C=O) groups is 1. The minimum Gasteiger partial charge on any atom is -0.351 e. The molecule has 0 saturated heterocycles. The summed E-state index contributed by atoms with van der Waals surface area (Å²) in [5.74, 6) is 1.15. The zero-order chi connectivity index (χ0) is 12.1. The number of hydrogen-bond donors (Lipinski definition) is 0. The van der Waals surface area contributed by atoms with Crippen molar-refractivity contribution in [1.82, 2.24) is 10.1 Å². The van der Waals surface area contributed by atoms with Crippen molar-refractivity contribution in [2.24, 2.45) is 11.8 Å². The lowest BCUT2D eigenvalue weighted by molar-refractivity contribution is 0.0673. The number of nitrogens with zero attached hydrogens (tertiary/aromatic N) is 2. The van der Waals surface area contributed by atoms with E-state index in [-0.39, 0.29) is 5.91 Å². The van der Waals surface area contributed by atoms with Gasteiger partial charge in [0.05, 0.1) is 6.20 Å². The van der Waals surface area contributed by atoms with E-state index in [4.69, 9.17) is 4.52 Å². The van der Waals surface area contributed by atoms with Gasteiger partial charge >= 0.3 is 0 Å². The molecular formula is C12H20N2O2. The average Bonchev–Trinajstić information content (AvgIpc) is 2.66. The van der Waals surface area contributed by atoms with Gasteiger partial charge in [-0.3, -0.25) is 4.79 Å². The fraction of sp³-hybridized carbons (Fsp3) is 0.667. The van der Waals surface area contributed by atoms with Crippen molar-refractivity contribution in [1.29, 1.82) is 0 Å². The molecule has 0 saturated carbocycles. The molecule has 0 atom stereocenters. The number of rotatable bonds is 5. The number of amides is 1. The van der Waals surface area contributed by atoms with Crippen molar-refractivity contribution in [3.63, 3.8) is 0 Å². The summed E-state index contributed by atoms with van der Waals surface area (Å²) in [5.41, 5.74) is 0. The Morgan fingerprint density at radius 1 is 1.31 bits per heavy atom. The van der Waals surface area contributed by atoms with Gasteiger partial charge in [-0.15, -0.1) is 0 Å². The first kappa shape index (κ1) is 12.7. The highest BCUT2D eigenvalue weighted by atomic mass is 16.5. The lowest BCUT2D eigenvalue weighted by atomic mass is 10.1. The second kappa shape index (κ2) is 5.68. The predicted octanol–water partition coefficient (Wildman–Crippen LogP) is 2.43. The molecular weight excluding hydrogens is 204 g/mol. The van der Waals surface area contributed by atoms with Crippen LogP contribution in [0.5, 0.6) is 0 Å². The van der Waals surface area contributed by atoms with Crippen LogP contribution in [0.25, 0.3) is 0 Å². The Kier molecular flexibility index (Phi) is 4.52. The molecule has 0 unspecified atom stereocenters. The van der Waals surface area contributed by atoms with Gasteiger partial charge in [-0.05, 0) is 11.8 Å². The van der Waals surface area contributed by atoms with Crippen LogP contribution in [0.2, 0.25) is 0 Å². The fourth-order valence-corrected chi connectivity index (χ4v) is 1.60. The van der Waals surface area contributed by atoms with Crippen molar-refractivity contribution in [3.05, 3.63) is 18.0 Å². The predicted molar refractivity (Wildman–Crippen MR) is 62.1 cm³/mol. The quantitative estimate of drug-likeness (QED) is 0.771. The summed E-state index contributed by atoms with van der Waals surface area (Å²) >= 11 is 0. The Hall–Kier alpha value is -1.32.